The van der Waals surface area contributed by atoms with Crippen LogP contribution in [0.5, 0.6) is 0 Å². The highest BCUT2D eigenvalue weighted by Gasteiger charge is 2.12. The second-order valence-electron chi connectivity index (χ2n) is 7.01. The Labute approximate surface area is 164 Å². The molecular weight excluding hydrogens is 348 g/mol. The second kappa shape index (κ2) is 7.23. The maximum Gasteiger partial charge on any atom is 0.231 e. The van der Waals surface area contributed by atoms with Gasteiger partial charge in [-0.1, -0.05) is 29.8 Å². The molecule has 0 spiro atoms. The number of nitrogens with zero attached hydrogens (tertiary/aromatic N) is 4. The second-order valence-corrected chi connectivity index (χ2v) is 7.01. The fraction of sp³-hybridized carbons (Fsp3) is 0.182. The van der Waals surface area contributed by atoms with E-state index in [0.29, 0.717) is 22.9 Å². The SMILES string of the molecule is Cc1ccc(Nc2nc(Nc3cc(C)ccc3C)c3nccnc3n2)c(C)c1. The number of hydrogen-bond donors (Lipinski definition) is 2. The van der Waals surface area contributed by atoms with Gasteiger partial charge in [0.2, 0.25) is 5.95 Å². The Hall–Kier alpha value is -3.54. The van der Waals surface area contributed by atoms with Crippen molar-refractivity contribution in [1.29, 1.82) is 0 Å². The number of hydrogen-bond acceptors (Lipinski definition) is 6. The van der Waals surface area contributed by atoms with Crippen molar-refractivity contribution in [3.63, 3.8) is 0 Å². The highest BCUT2D eigenvalue weighted by Crippen LogP contribution is 2.27. The van der Waals surface area contributed by atoms with Crippen LogP contribution in [0.1, 0.15) is 22.3 Å². The quantitative estimate of drug-likeness (QED) is 0.518. The molecule has 6 heteroatoms. The Morgan fingerprint density at radius 3 is 2.25 bits per heavy atom. The van der Waals surface area contributed by atoms with Gasteiger partial charge in [-0.05, 0) is 56.5 Å². The zero-order valence-electron chi connectivity index (χ0n) is 16.4. The summed E-state index contributed by atoms with van der Waals surface area (Å²) < 4.78 is 0. The first kappa shape index (κ1) is 17.9. The zero-order chi connectivity index (χ0) is 19.7. The number of benzene rings is 2. The van der Waals surface area contributed by atoms with Crippen LogP contribution in [0.3, 0.4) is 0 Å². The van der Waals surface area contributed by atoms with Gasteiger partial charge in [0.05, 0.1) is 0 Å². The van der Waals surface area contributed by atoms with E-state index in [2.05, 4.69) is 88.6 Å². The Morgan fingerprint density at radius 2 is 1.43 bits per heavy atom. The molecule has 2 heterocycles. The molecule has 4 rings (SSSR count). The van der Waals surface area contributed by atoms with Gasteiger partial charge in [-0.25, -0.2) is 9.97 Å². The van der Waals surface area contributed by atoms with Gasteiger partial charge in [0, 0.05) is 23.8 Å². The highest BCUT2D eigenvalue weighted by molar-refractivity contribution is 5.86. The van der Waals surface area contributed by atoms with E-state index in [1.807, 2.05) is 6.07 Å². The number of anilines is 4. The van der Waals surface area contributed by atoms with Crippen molar-refractivity contribution >= 4 is 34.3 Å². The monoisotopic (exact) mass is 370 g/mol. The van der Waals surface area contributed by atoms with Gasteiger partial charge in [0.15, 0.2) is 17.0 Å². The minimum absolute atomic E-state index is 0.479. The fourth-order valence-corrected chi connectivity index (χ4v) is 3.08. The standard InChI is InChI=1S/C22H22N6/c1-13-6-8-17(16(4)11-13)26-22-27-20-19(23-9-10-24-20)21(28-22)25-18-12-14(2)5-7-15(18)3/h5-12H,1-4H3,(H2,24,25,26,27,28). The topological polar surface area (TPSA) is 75.6 Å². The Balaban J connectivity index is 1.78. The lowest BCUT2D eigenvalue weighted by Gasteiger charge is -2.14. The molecule has 0 aliphatic carbocycles. The van der Waals surface area contributed by atoms with E-state index in [9.17, 15) is 0 Å². The van der Waals surface area contributed by atoms with E-state index < -0.39 is 0 Å². The fourth-order valence-electron chi connectivity index (χ4n) is 3.08. The average Bonchev–Trinajstić information content (AvgIpc) is 2.67. The lowest BCUT2D eigenvalue weighted by Crippen LogP contribution is -2.05. The van der Waals surface area contributed by atoms with Crippen molar-refractivity contribution in [2.24, 2.45) is 0 Å². The minimum Gasteiger partial charge on any atom is -0.338 e. The molecule has 2 N–H and O–H groups in total. The van der Waals surface area contributed by atoms with Gasteiger partial charge in [-0.2, -0.15) is 9.97 Å². The lowest BCUT2D eigenvalue weighted by atomic mass is 10.1. The van der Waals surface area contributed by atoms with E-state index >= 15 is 0 Å². The molecule has 4 aromatic rings. The summed E-state index contributed by atoms with van der Waals surface area (Å²) >= 11 is 0. The zero-order valence-corrected chi connectivity index (χ0v) is 16.4. The molecule has 0 radical (unpaired) electrons. The lowest BCUT2D eigenvalue weighted by molar-refractivity contribution is 1.14. The third kappa shape index (κ3) is 3.62. The maximum absolute atomic E-state index is 4.69. The number of aromatic nitrogens is 4. The van der Waals surface area contributed by atoms with E-state index in [4.69, 9.17) is 0 Å². The van der Waals surface area contributed by atoms with Crippen molar-refractivity contribution in [3.8, 4) is 0 Å². The predicted octanol–water partition coefficient (Wildman–Crippen LogP) is 5.14. The number of nitrogens with one attached hydrogen (secondary N) is 2. The predicted molar refractivity (Wildman–Crippen MR) is 114 cm³/mol. The van der Waals surface area contributed by atoms with Crippen LogP contribution in [-0.2, 0) is 0 Å². The normalized spacial score (nSPS) is 10.9. The first-order valence-corrected chi connectivity index (χ1v) is 9.17. The molecule has 140 valence electrons. The molecule has 0 fully saturated rings. The molecule has 0 aliphatic rings. The molecule has 0 unspecified atom stereocenters. The van der Waals surface area contributed by atoms with Crippen LogP contribution in [0.2, 0.25) is 0 Å². The maximum atomic E-state index is 4.69. The van der Waals surface area contributed by atoms with Crippen LogP contribution in [-0.4, -0.2) is 19.9 Å². The largest absolute Gasteiger partial charge is 0.338 e. The average molecular weight is 370 g/mol. The Bertz CT molecular complexity index is 1170. The van der Waals surface area contributed by atoms with Gasteiger partial charge in [0.25, 0.3) is 0 Å². The van der Waals surface area contributed by atoms with E-state index in [1.54, 1.807) is 12.4 Å². The van der Waals surface area contributed by atoms with Crippen molar-refractivity contribution < 1.29 is 0 Å². The van der Waals surface area contributed by atoms with Crippen LogP contribution in [0.4, 0.5) is 23.1 Å². The van der Waals surface area contributed by atoms with Crippen LogP contribution in [0.25, 0.3) is 11.2 Å². The molecule has 0 atom stereocenters. The van der Waals surface area contributed by atoms with E-state index in [-0.39, 0.29) is 0 Å². The van der Waals surface area contributed by atoms with Crippen LogP contribution < -0.4 is 10.6 Å². The summed E-state index contributed by atoms with van der Waals surface area (Å²) in [5.41, 5.74) is 7.77. The summed E-state index contributed by atoms with van der Waals surface area (Å²) in [5, 5.41) is 6.73. The number of aryl methyl sites for hydroxylation is 4. The first-order chi connectivity index (χ1) is 13.5. The molecule has 0 aliphatic heterocycles. The smallest absolute Gasteiger partial charge is 0.231 e. The van der Waals surface area contributed by atoms with Crippen LogP contribution >= 0.6 is 0 Å². The Morgan fingerprint density at radius 1 is 0.679 bits per heavy atom. The molecule has 0 bridgehead atoms. The minimum atomic E-state index is 0.479. The third-order valence-corrected chi connectivity index (χ3v) is 4.61. The molecule has 28 heavy (non-hydrogen) atoms. The van der Waals surface area contributed by atoms with Gasteiger partial charge in [-0.3, -0.25) is 0 Å². The summed E-state index contributed by atoms with van der Waals surface area (Å²) in [7, 11) is 0. The molecule has 0 amide bonds. The van der Waals surface area contributed by atoms with Crippen molar-refractivity contribution in [2.45, 2.75) is 27.7 Å². The molecule has 6 nitrogen and oxygen atoms in total. The first-order valence-electron chi connectivity index (χ1n) is 9.17. The van der Waals surface area contributed by atoms with Crippen LogP contribution in [0.15, 0.2) is 48.8 Å². The summed E-state index contributed by atoms with van der Waals surface area (Å²) in [6.45, 7) is 8.26. The van der Waals surface area contributed by atoms with Gasteiger partial charge < -0.3 is 10.6 Å². The summed E-state index contributed by atoms with van der Waals surface area (Å²) in [5.74, 6) is 1.10. The van der Waals surface area contributed by atoms with Gasteiger partial charge in [0.1, 0.15) is 0 Å². The van der Waals surface area contributed by atoms with E-state index in [0.717, 1.165) is 22.5 Å². The molecule has 0 saturated carbocycles. The Kier molecular flexibility index (Phi) is 4.61. The molecule has 2 aromatic carbocycles. The van der Waals surface area contributed by atoms with Crippen molar-refractivity contribution in [3.05, 3.63) is 71.0 Å². The van der Waals surface area contributed by atoms with Crippen LogP contribution in [0, 0.1) is 27.7 Å². The number of rotatable bonds is 4. The molecular formula is C22H22N6. The van der Waals surface area contributed by atoms with Gasteiger partial charge in [-0.15, -0.1) is 0 Å². The summed E-state index contributed by atoms with van der Waals surface area (Å²) in [6, 6.07) is 12.5. The molecule has 0 saturated heterocycles. The van der Waals surface area contributed by atoms with Crippen molar-refractivity contribution in [1.82, 2.24) is 19.9 Å². The third-order valence-electron chi connectivity index (χ3n) is 4.61. The van der Waals surface area contributed by atoms with E-state index in [1.165, 1.54) is 11.1 Å². The summed E-state index contributed by atoms with van der Waals surface area (Å²) in [6.07, 6.45) is 3.29. The number of fused-ring (bicyclic) bond motifs is 1. The summed E-state index contributed by atoms with van der Waals surface area (Å²) in [4.78, 5) is 18.0. The van der Waals surface area contributed by atoms with Crippen molar-refractivity contribution in [2.75, 3.05) is 10.6 Å². The van der Waals surface area contributed by atoms with Gasteiger partial charge >= 0.3 is 0 Å². The highest BCUT2D eigenvalue weighted by atomic mass is 15.2. The molecule has 2 aromatic heterocycles.